The van der Waals surface area contributed by atoms with Crippen molar-refractivity contribution in [3.63, 3.8) is 0 Å². The average Bonchev–Trinajstić information content (AvgIpc) is 2.96. The van der Waals surface area contributed by atoms with Crippen LogP contribution in [0.5, 0.6) is 0 Å². The third-order valence-corrected chi connectivity index (χ3v) is 3.02. The first kappa shape index (κ1) is 11.1. The van der Waals surface area contributed by atoms with Crippen LogP contribution in [0.25, 0.3) is 0 Å². The molecule has 6 heteroatoms. The summed E-state index contributed by atoms with van der Waals surface area (Å²) in [7, 11) is 0. The van der Waals surface area contributed by atoms with Crippen molar-refractivity contribution in [3.05, 3.63) is 11.9 Å². The zero-order chi connectivity index (χ0) is 11.4. The predicted octanol–water partition coefficient (Wildman–Crippen LogP) is -0.124. The molecule has 6 nitrogen and oxygen atoms in total. The van der Waals surface area contributed by atoms with Gasteiger partial charge in [-0.3, -0.25) is 4.79 Å². The molecule has 1 aliphatic rings. The molecule has 1 atom stereocenters. The summed E-state index contributed by atoms with van der Waals surface area (Å²) < 4.78 is 0. The van der Waals surface area contributed by atoms with Crippen molar-refractivity contribution in [2.45, 2.75) is 13.3 Å². The van der Waals surface area contributed by atoms with E-state index in [0.717, 1.165) is 32.6 Å². The smallest absolute Gasteiger partial charge is 0.273 e. The second-order valence-electron chi connectivity index (χ2n) is 4.11. The van der Waals surface area contributed by atoms with Gasteiger partial charge in [0, 0.05) is 13.1 Å². The normalized spacial score (nSPS) is 21.2. The van der Waals surface area contributed by atoms with Crippen molar-refractivity contribution < 1.29 is 4.79 Å². The molecule has 0 spiro atoms. The van der Waals surface area contributed by atoms with Gasteiger partial charge in [0.25, 0.3) is 5.91 Å². The fourth-order valence-corrected chi connectivity index (χ4v) is 2.01. The lowest BCUT2D eigenvalue weighted by atomic mass is 10.1. The Labute approximate surface area is 94.4 Å². The van der Waals surface area contributed by atoms with Crippen molar-refractivity contribution in [1.82, 2.24) is 25.6 Å². The van der Waals surface area contributed by atoms with Crippen molar-refractivity contribution in [3.8, 4) is 0 Å². The van der Waals surface area contributed by atoms with Crippen molar-refractivity contribution >= 4 is 5.91 Å². The molecule has 1 aromatic heterocycles. The SMILES string of the molecule is CCN1CCC(CNC(=O)c2cn[nH]n2)C1. The van der Waals surface area contributed by atoms with E-state index in [0.29, 0.717) is 11.6 Å². The van der Waals surface area contributed by atoms with E-state index in [2.05, 4.69) is 32.6 Å². The lowest BCUT2D eigenvalue weighted by Gasteiger charge is -2.13. The number of aromatic nitrogens is 3. The van der Waals surface area contributed by atoms with Gasteiger partial charge < -0.3 is 10.2 Å². The molecule has 0 saturated carbocycles. The number of amides is 1. The second kappa shape index (κ2) is 5.07. The maximum absolute atomic E-state index is 11.6. The maximum Gasteiger partial charge on any atom is 0.273 e. The molecule has 1 saturated heterocycles. The fraction of sp³-hybridized carbons (Fsp3) is 0.700. The highest BCUT2D eigenvalue weighted by molar-refractivity contribution is 5.91. The van der Waals surface area contributed by atoms with Gasteiger partial charge in [0.15, 0.2) is 5.69 Å². The van der Waals surface area contributed by atoms with E-state index < -0.39 is 0 Å². The van der Waals surface area contributed by atoms with Crippen LogP contribution in [0.1, 0.15) is 23.8 Å². The number of nitrogens with zero attached hydrogens (tertiary/aromatic N) is 3. The third-order valence-electron chi connectivity index (χ3n) is 3.02. The largest absolute Gasteiger partial charge is 0.350 e. The summed E-state index contributed by atoms with van der Waals surface area (Å²) >= 11 is 0. The van der Waals surface area contributed by atoms with Crippen LogP contribution in [-0.2, 0) is 0 Å². The second-order valence-corrected chi connectivity index (χ2v) is 4.11. The number of nitrogens with one attached hydrogen (secondary N) is 2. The molecule has 0 aliphatic carbocycles. The first-order valence-electron chi connectivity index (χ1n) is 5.66. The highest BCUT2D eigenvalue weighted by Gasteiger charge is 2.21. The number of hydrogen-bond donors (Lipinski definition) is 2. The molecule has 2 N–H and O–H groups in total. The summed E-state index contributed by atoms with van der Waals surface area (Å²) in [6.45, 7) is 6.20. The van der Waals surface area contributed by atoms with Gasteiger partial charge in [0.1, 0.15) is 0 Å². The fourth-order valence-electron chi connectivity index (χ4n) is 2.01. The molecule has 2 heterocycles. The Bertz CT molecular complexity index is 337. The van der Waals surface area contributed by atoms with Crippen LogP contribution in [-0.4, -0.2) is 52.4 Å². The van der Waals surface area contributed by atoms with Crippen LogP contribution in [0, 0.1) is 5.92 Å². The Morgan fingerprint density at radius 1 is 1.75 bits per heavy atom. The van der Waals surface area contributed by atoms with E-state index in [-0.39, 0.29) is 5.91 Å². The number of carbonyl (C=O) groups excluding carboxylic acids is 1. The first-order valence-corrected chi connectivity index (χ1v) is 5.66. The number of H-pyrrole nitrogens is 1. The number of carbonyl (C=O) groups is 1. The minimum atomic E-state index is -0.149. The molecular formula is C10H17N5O. The van der Waals surface area contributed by atoms with E-state index in [1.807, 2.05) is 0 Å². The van der Waals surface area contributed by atoms with Crippen LogP contribution in [0.4, 0.5) is 0 Å². The van der Waals surface area contributed by atoms with Gasteiger partial charge in [-0.1, -0.05) is 6.92 Å². The molecule has 1 aromatic rings. The van der Waals surface area contributed by atoms with Crippen molar-refractivity contribution in [1.29, 1.82) is 0 Å². The zero-order valence-electron chi connectivity index (χ0n) is 9.44. The van der Waals surface area contributed by atoms with Crippen molar-refractivity contribution in [2.24, 2.45) is 5.92 Å². The lowest BCUT2D eigenvalue weighted by molar-refractivity contribution is 0.0942. The predicted molar refractivity (Wildman–Crippen MR) is 58.9 cm³/mol. The van der Waals surface area contributed by atoms with Gasteiger partial charge in [-0.25, -0.2) is 0 Å². The zero-order valence-corrected chi connectivity index (χ0v) is 9.44. The molecule has 2 rings (SSSR count). The summed E-state index contributed by atoms with van der Waals surface area (Å²) in [4.78, 5) is 14.0. The molecule has 0 bridgehead atoms. The highest BCUT2D eigenvalue weighted by atomic mass is 16.1. The molecule has 1 aliphatic heterocycles. The Morgan fingerprint density at radius 3 is 3.25 bits per heavy atom. The molecular weight excluding hydrogens is 206 g/mol. The summed E-state index contributed by atoms with van der Waals surface area (Å²) in [5.74, 6) is 0.416. The summed E-state index contributed by atoms with van der Waals surface area (Å²) in [5.41, 5.74) is 0.352. The highest BCUT2D eigenvalue weighted by Crippen LogP contribution is 2.14. The monoisotopic (exact) mass is 223 g/mol. The number of rotatable bonds is 4. The summed E-state index contributed by atoms with van der Waals surface area (Å²) in [6.07, 6.45) is 2.59. The van der Waals surface area contributed by atoms with Crippen LogP contribution in [0.3, 0.4) is 0 Å². The van der Waals surface area contributed by atoms with E-state index in [1.165, 1.54) is 6.20 Å². The van der Waals surface area contributed by atoms with Crippen LogP contribution in [0.15, 0.2) is 6.20 Å². The van der Waals surface area contributed by atoms with E-state index in [9.17, 15) is 4.79 Å². The Kier molecular flexibility index (Phi) is 3.51. The van der Waals surface area contributed by atoms with Crippen LogP contribution < -0.4 is 5.32 Å². The van der Waals surface area contributed by atoms with Gasteiger partial charge in [-0.05, 0) is 25.4 Å². The standard InChI is InChI=1S/C10H17N5O/c1-2-15-4-3-8(7-15)5-11-10(16)9-6-12-14-13-9/h6,8H,2-5,7H2,1H3,(H,11,16)(H,12,13,14). The molecule has 1 unspecified atom stereocenters. The summed E-state index contributed by atoms with van der Waals surface area (Å²) in [6, 6.07) is 0. The van der Waals surface area contributed by atoms with Crippen LogP contribution in [0.2, 0.25) is 0 Å². The van der Waals surface area contributed by atoms with Gasteiger partial charge >= 0.3 is 0 Å². The molecule has 1 amide bonds. The molecule has 16 heavy (non-hydrogen) atoms. The minimum Gasteiger partial charge on any atom is -0.350 e. The molecule has 0 aromatic carbocycles. The number of likely N-dealkylation sites (tertiary alicyclic amines) is 1. The van der Waals surface area contributed by atoms with Crippen molar-refractivity contribution in [2.75, 3.05) is 26.2 Å². The van der Waals surface area contributed by atoms with E-state index in [4.69, 9.17) is 0 Å². The Balaban J connectivity index is 1.74. The number of hydrogen-bond acceptors (Lipinski definition) is 4. The van der Waals surface area contributed by atoms with Gasteiger partial charge in [0.2, 0.25) is 0 Å². The maximum atomic E-state index is 11.6. The van der Waals surface area contributed by atoms with Gasteiger partial charge in [-0.15, -0.1) is 0 Å². The average molecular weight is 223 g/mol. The van der Waals surface area contributed by atoms with E-state index in [1.54, 1.807) is 0 Å². The molecule has 0 radical (unpaired) electrons. The summed E-state index contributed by atoms with van der Waals surface area (Å²) in [5, 5.41) is 12.6. The lowest BCUT2D eigenvalue weighted by Crippen LogP contribution is -2.31. The third kappa shape index (κ3) is 2.57. The Hall–Kier alpha value is -1.43. The van der Waals surface area contributed by atoms with E-state index >= 15 is 0 Å². The molecule has 88 valence electrons. The van der Waals surface area contributed by atoms with Gasteiger partial charge in [-0.2, -0.15) is 15.4 Å². The molecule has 1 fully saturated rings. The Morgan fingerprint density at radius 2 is 2.62 bits per heavy atom. The number of aromatic amines is 1. The minimum absolute atomic E-state index is 0.149. The topological polar surface area (TPSA) is 73.9 Å². The quantitative estimate of drug-likeness (QED) is 0.746. The van der Waals surface area contributed by atoms with Crippen LogP contribution >= 0.6 is 0 Å². The van der Waals surface area contributed by atoms with Gasteiger partial charge in [0.05, 0.1) is 6.20 Å². The first-order chi connectivity index (χ1) is 7.79.